The van der Waals surface area contributed by atoms with Gasteiger partial charge < -0.3 is 4.74 Å². The summed E-state index contributed by atoms with van der Waals surface area (Å²) in [5.74, 6) is -0.0913. The average molecular weight is 274 g/mol. The Bertz CT molecular complexity index is 390. The number of carbonyl (C=O) groups excluding carboxylic acids is 1. The first-order valence-corrected chi connectivity index (χ1v) is 8.10. The van der Waals surface area contributed by atoms with Gasteiger partial charge in [-0.25, -0.2) is 4.79 Å². The number of rotatable bonds is 0. The van der Waals surface area contributed by atoms with E-state index in [1.807, 2.05) is 0 Å². The molecule has 0 aromatic carbocycles. The van der Waals surface area contributed by atoms with Crippen LogP contribution in [-0.2, 0) is 9.53 Å². The summed E-state index contributed by atoms with van der Waals surface area (Å²) in [6.45, 7) is 0. The highest BCUT2D eigenvalue weighted by Gasteiger charge is 2.34. The van der Waals surface area contributed by atoms with Crippen molar-refractivity contribution in [3.8, 4) is 0 Å². The van der Waals surface area contributed by atoms with Crippen molar-refractivity contribution in [2.24, 2.45) is 0 Å². The van der Waals surface area contributed by atoms with E-state index in [1.54, 1.807) is 0 Å². The molecule has 0 N–H and O–H groups in total. The van der Waals surface area contributed by atoms with Crippen molar-refractivity contribution in [3.05, 3.63) is 36.0 Å². The molecule has 0 aromatic heterocycles. The Morgan fingerprint density at radius 3 is 2.25 bits per heavy atom. The molecule has 2 aliphatic rings. The van der Waals surface area contributed by atoms with Crippen LogP contribution >= 0.6 is 0 Å². The topological polar surface area (TPSA) is 26.3 Å². The van der Waals surface area contributed by atoms with Crippen LogP contribution in [-0.4, -0.2) is 12.1 Å². The molecule has 1 aliphatic carbocycles. The molecule has 2 heteroatoms. The van der Waals surface area contributed by atoms with Gasteiger partial charge in [0.05, 0.1) is 5.57 Å². The van der Waals surface area contributed by atoms with E-state index in [9.17, 15) is 4.79 Å². The Labute approximate surface area is 122 Å². The van der Waals surface area contributed by atoms with Crippen molar-refractivity contribution in [2.75, 3.05) is 0 Å². The third-order valence-corrected chi connectivity index (χ3v) is 3.99. The van der Waals surface area contributed by atoms with Crippen molar-refractivity contribution in [1.82, 2.24) is 0 Å². The number of carbonyl (C=O) groups is 1. The maximum absolute atomic E-state index is 11.4. The molecule has 1 heterocycles. The van der Waals surface area contributed by atoms with Crippen LogP contribution in [0.3, 0.4) is 0 Å². The second-order valence-corrected chi connectivity index (χ2v) is 5.69. The number of fused-ring (bicyclic) bond motifs is 1. The first-order chi connectivity index (χ1) is 9.88. The molecule has 2 nitrogen and oxygen atoms in total. The van der Waals surface area contributed by atoms with E-state index in [2.05, 4.69) is 30.4 Å². The molecule has 110 valence electrons. The summed E-state index contributed by atoms with van der Waals surface area (Å²) in [6.07, 6.45) is 22.7. The lowest BCUT2D eigenvalue weighted by atomic mass is 9.97. The molecule has 1 unspecified atom stereocenters. The van der Waals surface area contributed by atoms with Gasteiger partial charge in [-0.2, -0.15) is 0 Å². The number of esters is 1. The van der Waals surface area contributed by atoms with E-state index in [1.165, 1.54) is 38.5 Å². The molecule has 0 amide bonds. The molecule has 1 saturated heterocycles. The predicted octanol–water partition coefficient (Wildman–Crippen LogP) is 4.87. The van der Waals surface area contributed by atoms with Gasteiger partial charge in [0, 0.05) is 0 Å². The lowest BCUT2D eigenvalue weighted by molar-refractivity contribution is -0.156. The minimum Gasteiger partial charge on any atom is -0.454 e. The van der Waals surface area contributed by atoms with Crippen molar-refractivity contribution in [1.29, 1.82) is 0 Å². The van der Waals surface area contributed by atoms with Crippen LogP contribution in [0.15, 0.2) is 36.0 Å². The second kappa shape index (κ2) is 8.78. The Morgan fingerprint density at radius 1 is 0.850 bits per heavy atom. The summed E-state index contributed by atoms with van der Waals surface area (Å²) < 4.78 is 5.22. The zero-order valence-corrected chi connectivity index (χ0v) is 12.4. The number of ether oxygens (including phenoxy) is 1. The summed E-state index contributed by atoms with van der Waals surface area (Å²) in [6, 6.07) is 0. The van der Waals surface area contributed by atoms with E-state index in [4.69, 9.17) is 4.74 Å². The van der Waals surface area contributed by atoms with Gasteiger partial charge in [0.1, 0.15) is 6.10 Å². The third-order valence-electron chi connectivity index (χ3n) is 3.99. The second-order valence-electron chi connectivity index (χ2n) is 5.69. The summed E-state index contributed by atoms with van der Waals surface area (Å²) >= 11 is 0. The van der Waals surface area contributed by atoms with Crippen molar-refractivity contribution in [2.45, 2.75) is 70.3 Å². The molecule has 0 aromatic rings. The van der Waals surface area contributed by atoms with Gasteiger partial charge in [0.15, 0.2) is 0 Å². The lowest BCUT2D eigenvalue weighted by Gasteiger charge is -2.29. The van der Waals surface area contributed by atoms with Gasteiger partial charge >= 0.3 is 5.97 Å². The smallest absolute Gasteiger partial charge is 0.338 e. The lowest BCUT2D eigenvalue weighted by Crippen LogP contribution is -2.36. The van der Waals surface area contributed by atoms with E-state index in [0.717, 1.165) is 31.3 Å². The van der Waals surface area contributed by atoms with Crippen LogP contribution in [0.5, 0.6) is 0 Å². The highest BCUT2D eigenvalue weighted by atomic mass is 16.6. The summed E-state index contributed by atoms with van der Waals surface area (Å²) in [7, 11) is 0. The summed E-state index contributed by atoms with van der Waals surface area (Å²) in [4.78, 5) is 11.4. The Kier molecular flexibility index (Phi) is 6.62. The van der Waals surface area contributed by atoms with Crippen LogP contribution < -0.4 is 0 Å². The van der Waals surface area contributed by atoms with Gasteiger partial charge in [-0.15, -0.1) is 0 Å². The SMILES string of the molecule is O=C1OC2CCC/C=C/C=C/CCCCCCC/C=C\12. The molecule has 1 fully saturated rings. The molecule has 1 atom stereocenters. The maximum Gasteiger partial charge on any atom is 0.338 e. The summed E-state index contributed by atoms with van der Waals surface area (Å²) in [5.41, 5.74) is 0.929. The van der Waals surface area contributed by atoms with Crippen molar-refractivity contribution < 1.29 is 9.53 Å². The Morgan fingerprint density at radius 2 is 1.50 bits per heavy atom. The van der Waals surface area contributed by atoms with Crippen LogP contribution in [0.2, 0.25) is 0 Å². The van der Waals surface area contributed by atoms with Crippen molar-refractivity contribution in [3.63, 3.8) is 0 Å². The zero-order valence-electron chi connectivity index (χ0n) is 12.4. The van der Waals surface area contributed by atoms with Gasteiger partial charge in [-0.05, 0) is 44.9 Å². The minimum absolute atomic E-state index is 0.0714. The molecular weight excluding hydrogens is 248 g/mol. The van der Waals surface area contributed by atoms with Crippen LogP contribution in [0.25, 0.3) is 0 Å². The van der Waals surface area contributed by atoms with E-state index in [0.29, 0.717) is 0 Å². The Balaban J connectivity index is 1.83. The monoisotopic (exact) mass is 274 g/mol. The van der Waals surface area contributed by atoms with Gasteiger partial charge in [-0.1, -0.05) is 49.6 Å². The number of hydrogen-bond acceptors (Lipinski definition) is 2. The average Bonchev–Trinajstić information content (AvgIpc) is 2.44. The maximum atomic E-state index is 11.4. The fourth-order valence-corrected chi connectivity index (χ4v) is 2.73. The van der Waals surface area contributed by atoms with Crippen LogP contribution in [0.4, 0.5) is 0 Å². The molecule has 20 heavy (non-hydrogen) atoms. The molecule has 2 rings (SSSR count). The quantitative estimate of drug-likeness (QED) is 0.589. The van der Waals surface area contributed by atoms with Gasteiger partial charge in [-0.3, -0.25) is 0 Å². The van der Waals surface area contributed by atoms with E-state index < -0.39 is 0 Å². The van der Waals surface area contributed by atoms with Crippen molar-refractivity contribution >= 4 is 5.97 Å². The molecule has 0 bridgehead atoms. The third kappa shape index (κ3) is 4.99. The number of allylic oxidation sites excluding steroid dienone is 5. The standard InChI is InChI=1S/C18H26O2/c19-18-16-14-12-10-8-6-4-2-1-3-5-7-9-11-13-15-17(16)20-18/h3,5,7,9,14,17H,1-2,4,6,8,10-13,15H2/b5-3+,9-7+,16-14-. The highest BCUT2D eigenvalue weighted by molar-refractivity contribution is 5.95. The molecule has 1 aliphatic heterocycles. The largest absolute Gasteiger partial charge is 0.454 e. The zero-order chi connectivity index (χ0) is 14.0. The molecule has 0 spiro atoms. The van der Waals surface area contributed by atoms with Gasteiger partial charge in [0.2, 0.25) is 0 Å². The van der Waals surface area contributed by atoms with Crippen LogP contribution in [0.1, 0.15) is 64.2 Å². The normalized spacial score (nSPS) is 31.7. The first-order valence-electron chi connectivity index (χ1n) is 8.10. The Hall–Kier alpha value is -1.31. The fourth-order valence-electron chi connectivity index (χ4n) is 2.73. The molecule has 0 saturated carbocycles. The number of hydrogen-bond donors (Lipinski definition) is 0. The minimum atomic E-state index is -0.0913. The molecule has 0 radical (unpaired) electrons. The molecular formula is C18H26O2. The first kappa shape index (κ1) is 15.1. The predicted molar refractivity (Wildman–Crippen MR) is 82.4 cm³/mol. The highest BCUT2D eigenvalue weighted by Crippen LogP contribution is 2.27. The van der Waals surface area contributed by atoms with Gasteiger partial charge in [0.25, 0.3) is 0 Å². The van der Waals surface area contributed by atoms with Crippen LogP contribution in [0, 0.1) is 0 Å². The summed E-state index contributed by atoms with van der Waals surface area (Å²) in [5, 5.41) is 0. The van der Waals surface area contributed by atoms with E-state index in [-0.39, 0.29) is 12.1 Å². The fraction of sp³-hybridized carbons (Fsp3) is 0.611. The van der Waals surface area contributed by atoms with E-state index >= 15 is 0 Å².